The van der Waals surface area contributed by atoms with Crippen LogP contribution in [-0.4, -0.2) is 60.0 Å². The Hall–Kier alpha value is -0.610. The van der Waals surface area contributed by atoms with Crippen LogP contribution in [0.5, 0.6) is 0 Å². The molecule has 0 aromatic carbocycles. The molecule has 1 heterocycles. The monoisotopic (exact) mass is 281 g/mol. The molecule has 4 heteroatoms. The molecule has 2 aliphatic rings. The maximum absolute atomic E-state index is 12.7. The van der Waals surface area contributed by atoms with Crippen molar-refractivity contribution < 1.29 is 4.79 Å². The van der Waals surface area contributed by atoms with Crippen molar-refractivity contribution in [1.82, 2.24) is 15.1 Å². The van der Waals surface area contributed by atoms with Gasteiger partial charge in [0.15, 0.2) is 0 Å². The van der Waals surface area contributed by atoms with E-state index in [0.29, 0.717) is 5.91 Å². The van der Waals surface area contributed by atoms with Crippen LogP contribution in [0.2, 0.25) is 0 Å². The summed E-state index contributed by atoms with van der Waals surface area (Å²) < 4.78 is 0. The molecule has 1 aliphatic carbocycles. The van der Waals surface area contributed by atoms with Gasteiger partial charge in [-0.15, -0.1) is 0 Å². The van der Waals surface area contributed by atoms with E-state index in [1.807, 2.05) is 4.90 Å². The Morgan fingerprint density at radius 3 is 2.50 bits per heavy atom. The molecule has 1 N–H and O–H groups in total. The van der Waals surface area contributed by atoms with Gasteiger partial charge in [-0.3, -0.25) is 9.69 Å². The van der Waals surface area contributed by atoms with Crippen LogP contribution in [0, 0.1) is 0 Å². The fourth-order valence-corrected chi connectivity index (χ4v) is 4.07. The molecule has 1 saturated carbocycles. The minimum atomic E-state index is 0.0232. The van der Waals surface area contributed by atoms with Crippen molar-refractivity contribution in [3.63, 3.8) is 0 Å². The Bertz CT molecular complexity index is 313. The molecule has 1 atom stereocenters. The number of rotatable bonds is 4. The van der Waals surface area contributed by atoms with Gasteiger partial charge in [0.2, 0.25) is 5.91 Å². The van der Waals surface area contributed by atoms with Gasteiger partial charge in [-0.2, -0.15) is 0 Å². The van der Waals surface area contributed by atoms with Crippen LogP contribution >= 0.6 is 0 Å². The molecule has 1 aliphatic heterocycles. The smallest absolute Gasteiger partial charge is 0.239 e. The van der Waals surface area contributed by atoms with Gasteiger partial charge in [-0.1, -0.05) is 19.3 Å². The lowest BCUT2D eigenvalue weighted by Gasteiger charge is -2.52. The summed E-state index contributed by atoms with van der Waals surface area (Å²) in [5, 5.41) is 3.56. The average molecular weight is 281 g/mol. The minimum Gasteiger partial charge on any atom is -0.342 e. The van der Waals surface area contributed by atoms with E-state index in [1.54, 1.807) is 0 Å². The first-order valence-electron chi connectivity index (χ1n) is 8.41. The quantitative estimate of drug-likeness (QED) is 0.854. The van der Waals surface area contributed by atoms with Crippen molar-refractivity contribution in [3.8, 4) is 0 Å². The van der Waals surface area contributed by atoms with E-state index in [0.717, 1.165) is 32.7 Å². The van der Waals surface area contributed by atoms with Gasteiger partial charge in [0.05, 0.1) is 6.04 Å². The SMILES string of the molecule is CCN(CC)C(=O)C(C)N1CCNCC12CCCCC2. The maximum Gasteiger partial charge on any atom is 0.239 e. The molecule has 2 rings (SSSR count). The second-order valence-corrected chi connectivity index (χ2v) is 6.34. The van der Waals surface area contributed by atoms with E-state index >= 15 is 0 Å². The molecule has 0 radical (unpaired) electrons. The molecule has 1 amide bonds. The lowest BCUT2D eigenvalue weighted by molar-refractivity contribution is -0.140. The van der Waals surface area contributed by atoms with Crippen LogP contribution < -0.4 is 5.32 Å². The molecule has 4 nitrogen and oxygen atoms in total. The van der Waals surface area contributed by atoms with Crippen LogP contribution in [0.3, 0.4) is 0 Å². The van der Waals surface area contributed by atoms with Gasteiger partial charge in [0, 0.05) is 38.3 Å². The fourth-order valence-electron chi connectivity index (χ4n) is 4.07. The molecule has 0 bridgehead atoms. The Morgan fingerprint density at radius 1 is 1.25 bits per heavy atom. The van der Waals surface area contributed by atoms with Gasteiger partial charge in [0.25, 0.3) is 0 Å². The number of carbonyl (C=O) groups excluding carboxylic acids is 1. The zero-order chi connectivity index (χ0) is 14.6. The normalized spacial score (nSPS) is 24.6. The summed E-state index contributed by atoms with van der Waals surface area (Å²) in [6.45, 7) is 11.0. The summed E-state index contributed by atoms with van der Waals surface area (Å²) in [4.78, 5) is 17.2. The van der Waals surface area contributed by atoms with Crippen molar-refractivity contribution in [2.24, 2.45) is 0 Å². The van der Waals surface area contributed by atoms with Crippen LogP contribution in [0.15, 0.2) is 0 Å². The molecule has 1 unspecified atom stereocenters. The zero-order valence-electron chi connectivity index (χ0n) is 13.5. The third-order valence-corrected chi connectivity index (χ3v) is 5.28. The molecular weight excluding hydrogens is 250 g/mol. The zero-order valence-corrected chi connectivity index (χ0v) is 13.5. The molecule has 20 heavy (non-hydrogen) atoms. The van der Waals surface area contributed by atoms with Crippen LogP contribution in [-0.2, 0) is 4.79 Å². The topological polar surface area (TPSA) is 35.6 Å². The first-order valence-corrected chi connectivity index (χ1v) is 8.41. The van der Waals surface area contributed by atoms with Crippen molar-refractivity contribution in [2.45, 2.75) is 64.5 Å². The highest BCUT2D eigenvalue weighted by molar-refractivity contribution is 5.81. The van der Waals surface area contributed by atoms with Gasteiger partial charge in [0.1, 0.15) is 0 Å². The number of amides is 1. The Kier molecular flexibility index (Phi) is 5.44. The van der Waals surface area contributed by atoms with Gasteiger partial charge in [-0.05, 0) is 33.6 Å². The molecule has 1 saturated heterocycles. The Balaban J connectivity index is 2.12. The molecule has 116 valence electrons. The third-order valence-electron chi connectivity index (χ3n) is 5.28. The van der Waals surface area contributed by atoms with E-state index in [4.69, 9.17) is 0 Å². The number of nitrogens with zero attached hydrogens (tertiary/aromatic N) is 2. The first-order chi connectivity index (χ1) is 9.64. The largest absolute Gasteiger partial charge is 0.342 e. The van der Waals surface area contributed by atoms with Gasteiger partial charge < -0.3 is 10.2 Å². The van der Waals surface area contributed by atoms with Crippen molar-refractivity contribution in [3.05, 3.63) is 0 Å². The molecular formula is C16H31N3O. The highest BCUT2D eigenvalue weighted by Crippen LogP contribution is 2.36. The van der Waals surface area contributed by atoms with E-state index < -0.39 is 0 Å². The molecule has 1 spiro atoms. The molecule has 0 aromatic heterocycles. The summed E-state index contributed by atoms with van der Waals surface area (Å²) >= 11 is 0. The summed E-state index contributed by atoms with van der Waals surface area (Å²) in [6.07, 6.45) is 6.47. The predicted molar refractivity (Wildman–Crippen MR) is 82.8 cm³/mol. The first kappa shape index (κ1) is 15.8. The van der Waals surface area contributed by atoms with Crippen molar-refractivity contribution in [1.29, 1.82) is 0 Å². The predicted octanol–water partition coefficient (Wildman–Crippen LogP) is 1.85. The fraction of sp³-hybridized carbons (Fsp3) is 0.938. The van der Waals surface area contributed by atoms with E-state index in [-0.39, 0.29) is 11.6 Å². The lowest BCUT2D eigenvalue weighted by atomic mass is 9.78. The summed E-state index contributed by atoms with van der Waals surface area (Å²) in [7, 11) is 0. The lowest BCUT2D eigenvalue weighted by Crippen LogP contribution is -2.66. The minimum absolute atomic E-state index is 0.0232. The number of piperazine rings is 1. The number of likely N-dealkylation sites (N-methyl/N-ethyl adjacent to an activating group) is 1. The summed E-state index contributed by atoms with van der Waals surface area (Å²) in [6, 6.07) is 0.0232. The van der Waals surface area contributed by atoms with Crippen LogP contribution in [0.25, 0.3) is 0 Å². The van der Waals surface area contributed by atoms with Crippen LogP contribution in [0.1, 0.15) is 52.9 Å². The molecule has 0 aromatic rings. The second kappa shape index (κ2) is 6.90. The number of hydrogen-bond acceptors (Lipinski definition) is 3. The average Bonchev–Trinajstić information content (AvgIpc) is 2.49. The Morgan fingerprint density at radius 2 is 1.90 bits per heavy atom. The van der Waals surface area contributed by atoms with E-state index in [2.05, 4.69) is 31.0 Å². The van der Waals surface area contributed by atoms with E-state index in [1.165, 1.54) is 32.1 Å². The summed E-state index contributed by atoms with van der Waals surface area (Å²) in [5.41, 5.74) is 0.235. The highest BCUT2D eigenvalue weighted by atomic mass is 16.2. The number of hydrogen-bond donors (Lipinski definition) is 1. The van der Waals surface area contributed by atoms with Gasteiger partial charge in [-0.25, -0.2) is 0 Å². The second-order valence-electron chi connectivity index (χ2n) is 6.34. The number of carbonyl (C=O) groups is 1. The molecule has 2 fully saturated rings. The maximum atomic E-state index is 12.7. The van der Waals surface area contributed by atoms with Gasteiger partial charge >= 0.3 is 0 Å². The van der Waals surface area contributed by atoms with Crippen molar-refractivity contribution >= 4 is 5.91 Å². The van der Waals surface area contributed by atoms with Crippen molar-refractivity contribution in [2.75, 3.05) is 32.7 Å². The Labute approximate surface area is 123 Å². The van der Waals surface area contributed by atoms with Crippen LogP contribution in [0.4, 0.5) is 0 Å². The highest BCUT2D eigenvalue weighted by Gasteiger charge is 2.43. The standard InChI is InChI=1S/C16H31N3O/c1-4-18(5-2)15(20)14(3)19-12-11-17-13-16(19)9-7-6-8-10-16/h14,17H,4-13H2,1-3H3. The summed E-state index contributed by atoms with van der Waals surface area (Å²) in [5.74, 6) is 0.307. The number of nitrogens with one attached hydrogen (secondary N) is 1. The van der Waals surface area contributed by atoms with E-state index in [9.17, 15) is 4.79 Å². The third kappa shape index (κ3) is 3.01.